The van der Waals surface area contributed by atoms with Crippen LogP contribution in [-0.2, 0) is 0 Å². The highest BCUT2D eigenvalue weighted by Crippen LogP contribution is 2.43. The number of anilines is 3. The second-order valence-corrected chi connectivity index (χ2v) is 15.3. The van der Waals surface area contributed by atoms with Crippen LogP contribution >= 0.6 is 0 Å². The van der Waals surface area contributed by atoms with Gasteiger partial charge in [0.1, 0.15) is 11.3 Å². The van der Waals surface area contributed by atoms with Crippen LogP contribution < -0.4 is 15.3 Å². The molecule has 0 aliphatic heterocycles. The van der Waals surface area contributed by atoms with Gasteiger partial charge in [0, 0.05) is 33.3 Å². The molecule has 1 heterocycles. The summed E-state index contributed by atoms with van der Waals surface area (Å²) in [7, 11) is 0. The number of para-hydroxylation sites is 1. The van der Waals surface area contributed by atoms with Crippen LogP contribution in [0.25, 0.3) is 67.9 Å². The van der Waals surface area contributed by atoms with Gasteiger partial charge in [-0.2, -0.15) is 0 Å². The van der Waals surface area contributed by atoms with Gasteiger partial charge in [0.15, 0.2) is 0 Å². The SMILES string of the molecule is C=C/C=C(\c1cc2ccc3ccccc3c2o1)c1ccccc1N(c1ccc(/C=C/C=C\C(=C)C(=C)/C=c2/ccccc2=C)cc1)c1cccc(-c2ccc3ccccc3c2)c1. The molecule has 2 nitrogen and oxygen atoms in total. The Labute approximate surface area is 363 Å². The predicted octanol–water partition coefficient (Wildman–Crippen LogP) is 15.1. The van der Waals surface area contributed by atoms with Crippen molar-refractivity contribution in [1.82, 2.24) is 0 Å². The van der Waals surface area contributed by atoms with Gasteiger partial charge in [0.25, 0.3) is 0 Å². The van der Waals surface area contributed by atoms with Crippen molar-refractivity contribution in [2.75, 3.05) is 4.90 Å². The topological polar surface area (TPSA) is 16.4 Å². The lowest BCUT2D eigenvalue weighted by Crippen LogP contribution is -2.21. The molecule has 0 fully saturated rings. The fourth-order valence-corrected chi connectivity index (χ4v) is 7.98. The average molecular weight is 796 g/mol. The van der Waals surface area contributed by atoms with E-state index in [2.05, 4.69) is 195 Å². The van der Waals surface area contributed by atoms with Crippen LogP contribution in [0.4, 0.5) is 17.1 Å². The van der Waals surface area contributed by atoms with Crippen molar-refractivity contribution < 1.29 is 4.42 Å². The molecule has 9 rings (SSSR count). The molecule has 0 amide bonds. The van der Waals surface area contributed by atoms with Gasteiger partial charge >= 0.3 is 0 Å². The lowest BCUT2D eigenvalue weighted by atomic mass is 9.97. The number of benzene rings is 8. The Balaban J connectivity index is 1.10. The van der Waals surface area contributed by atoms with E-state index in [1.54, 1.807) is 0 Å². The summed E-state index contributed by atoms with van der Waals surface area (Å²) in [6, 6.07) is 63.9. The molecular formula is C60H45NO. The van der Waals surface area contributed by atoms with E-state index < -0.39 is 0 Å². The third-order valence-corrected chi connectivity index (χ3v) is 11.2. The normalized spacial score (nSPS) is 12.2. The van der Waals surface area contributed by atoms with E-state index in [0.29, 0.717) is 0 Å². The zero-order valence-corrected chi connectivity index (χ0v) is 34.5. The number of fused-ring (bicyclic) bond motifs is 4. The molecule has 0 saturated carbocycles. The van der Waals surface area contributed by atoms with Crippen molar-refractivity contribution in [1.29, 1.82) is 0 Å². The molecule has 0 atom stereocenters. The van der Waals surface area contributed by atoms with Crippen molar-refractivity contribution in [2.24, 2.45) is 0 Å². The second-order valence-electron chi connectivity index (χ2n) is 15.3. The number of nitrogens with zero attached hydrogens (tertiary/aromatic N) is 1. The summed E-state index contributed by atoms with van der Waals surface area (Å²) in [4.78, 5) is 2.33. The quantitative estimate of drug-likeness (QED) is 0.115. The Morgan fingerprint density at radius 3 is 2.10 bits per heavy atom. The van der Waals surface area contributed by atoms with Gasteiger partial charge in [-0.05, 0) is 103 Å². The summed E-state index contributed by atoms with van der Waals surface area (Å²) in [5.41, 5.74) is 10.9. The van der Waals surface area contributed by atoms with Crippen molar-refractivity contribution in [3.63, 3.8) is 0 Å². The van der Waals surface area contributed by atoms with E-state index >= 15 is 0 Å². The van der Waals surface area contributed by atoms with Crippen LogP contribution in [0.15, 0.2) is 248 Å². The molecule has 0 saturated heterocycles. The highest BCUT2D eigenvalue weighted by molar-refractivity contribution is 6.06. The first-order chi connectivity index (χ1) is 30.4. The van der Waals surface area contributed by atoms with Gasteiger partial charge in [-0.25, -0.2) is 0 Å². The highest BCUT2D eigenvalue weighted by Gasteiger charge is 2.21. The Bertz CT molecular complexity index is 3370. The van der Waals surface area contributed by atoms with Gasteiger partial charge in [0.05, 0.1) is 5.69 Å². The van der Waals surface area contributed by atoms with E-state index in [-0.39, 0.29) is 0 Å². The van der Waals surface area contributed by atoms with Crippen LogP contribution in [0.2, 0.25) is 0 Å². The van der Waals surface area contributed by atoms with Crippen molar-refractivity contribution in [3.05, 3.63) is 271 Å². The van der Waals surface area contributed by atoms with Gasteiger partial charge < -0.3 is 9.32 Å². The molecule has 0 N–H and O–H groups in total. The molecule has 0 radical (unpaired) electrons. The fourth-order valence-electron chi connectivity index (χ4n) is 7.98. The number of hydrogen-bond donors (Lipinski definition) is 0. The van der Waals surface area contributed by atoms with Crippen LogP contribution in [0, 0.1) is 0 Å². The third kappa shape index (κ3) is 8.18. The Morgan fingerprint density at radius 1 is 0.548 bits per heavy atom. The molecule has 0 unspecified atom stereocenters. The third-order valence-electron chi connectivity index (χ3n) is 11.2. The first-order valence-electron chi connectivity index (χ1n) is 20.8. The number of allylic oxidation sites excluding steroid dienone is 7. The molecular weight excluding hydrogens is 751 g/mol. The largest absolute Gasteiger partial charge is 0.455 e. The van der Waals surface area contributed by atoms with Crippen molar-refractivity contribution >= 4 is 73.9 Å². The predicted molar refractivity (Wildman–Crippen MR) is 267 cm³/mol. The van der Waals surface area contributed by atoms with Gasteiger partial charge in [-0.3, -0.25) is 0 Å². The monoisotopic (exact) mass is 795 g/mol. The zero-order valence-electron chi connectivity index (χ0n) is 34.5. The zero-order chi connectivity index (χ0) is 42.4. The number of hydrogen-bond acceptors (Lipinski definition) is 2. The van der Waals surface area contributed by atoms with Crippen LogP contribution in [0.5, 0.6) is 0 Å². The van der Waals surface area contributed by atoms with Crippen LogP contribution in [0.3, 0.4) is 0 Å². The minimum Gasteiger partial charge on any atom is -0.455 e. The first kappa shape index (κ1) is 39.3. The van der Waals surface area contributed by atoms with Crippen molar-refractivity contribution in [3.8, 4) is 11.1 Å². The average Bonchev–Trinajstić information content (AvgIpc) is 3.76. The van der Waals surface area contributed by atoms with Gasteiger partial charge in [0.2, 0.25) is 0 Å². The Morgan fingerprint density at radius 2 is 1.26 bits per heavy atom. The molecule has 1 aromatic heterocycles. The minimum absolute atomic E-state index is 0.776. The van der Waals surface area contributed by atoms with E-state index in [9.17, 15) is 0 Å². The molecule has 0 aliphatic carbocycles. The van der Waals surface area contributed by atoms with Crippen LogP contribution in [0.1, 0.15) is 16.9 Å². The molecule has 8 aromatic carbocycles. The van der Waals surface area contributed by atoms with E-state index in [0.717, 1.165) is 94.0 Å². The van der Waals surface area contributed by atoms with E-state index in [4.69, 9.17) is 4.42 Å². The summed E-state index contributed by atoms with van der Waals surface area (Å²) >= 11 is 0. The smallest absolute Gasteiger partial charge is 0.142 e. The maximum atomic E-state index is 6.77. The summed E-state index contributed by atoms with van der Waals surface area (Å²) < 4.78 is 6.77. The lowest BCUT2D eigenvalue weighted by Gasteiger charge is -2.28. The molecule has 0 spiro atoms. The summed E-state index contributed by atoms with van der Waals surface area (Å²) in [5, 5.41) is 7.71. The summed E-state index contributed by atoms with van der Waals surface area (Å²) in [6.45, 7) is 16.7. The standard InChI is InChI=1S/C60H45NO/c1-5-17-57(59-41-52-35-33-47-22-12-13-27-55(47)60(52)62-59)56-28-14-15-29-58(56)61(54-26-16-25-50(40-54)51-34-32-46-21-10-11-24-49(46)39-51)53-36-30-45(31-37-53)20-8-6-18-42(2)44(4)38-48-23-9-7-19-43(48)3/h5-41H,1-4H2/b18-6-,20-8+,48-38-,57-17-. The van der Waals surface area contributed by atoms with Gasteiger partial charge in [-0.15, -0.1) is 0 Å². The fraction of sp³-hybridized carbons (Fsp3) is 0. The second kappa shape index (κ2) is 17.6. The van der Waals surface area contributed by atoms with Gasteiger partial charge in [-0.1, -0.05) is 202 Å². The van der Waals surface area contributed by atoms with Crippen LogP contribution in [-0.4, -0.2) is 0 Å². The lowest BCUT2D eigenvalue weighted by molar-refractivity contribution is 0.603. The Hall–Kier alpha value is -8.20. The van der Waals surface area contributed by atoms with E-state index in [1.807, 2.05) is 60.7 Å². The van der Waals surface area contributed by atoms with E-state index in [1.165, 1.54) is 10.8 Å². The summed E-state index contributed by atoms with van der Waals surface area (Å²) in [6.07, 6.45) is 14.0. The molecule has 2 heteroatoms. The molecule has 0 aliphatic rings. The number of furan rings is 1. The molecule has 9 aromatic rings. The molecule has 296 valence electrons. The maximum Gasteiger partial charge on any atom is 0.142 e. The summed E-state index contributed by atoms with van der Waals surface area (Å²) in [5.74, 6) is 0.776. The molecule has 0 bridgehead atoms. The highest BCUT2D eigenvalue weighted by atomic mass is 16.3. The maximum absolute atomic E-state index is 6.77. The first-order valence-corrected chi connectivity index (χ1v) is 20.8. The molecule has 62 heavy (non-hydrogen) atoms. The number of rotatable bonds is 12. The Kier molecular flexibility index (Phi) is 11.1. The minimum atomic E-state index is 0.776. The van der Waals surface area contributed by atoms with Crippen molar-refractivity contribution in [2.45, 2.75) is 0 Å².